The molecule has 0 aliphatic carbocycles. The van der Waals surface area contributed by atoms with Gasteiger partial charge in [-0.05, 0) is 19.9 Å². The molecule has 1 saturated heterocycles. The van der Waals surface area contributed by atoms with E-state index in [0.29, 0.717) is 0 Å². The molecule has 0 saturated carbocycles. The minimum absolute atomic E-state index is 0.725. The smallest absolute Gasteiger partial charge is 0.0447 e. The fourth-order valence-corrected chi connectivity index (χ4v) is 3.26. The number of thioether (sulfide) groups is 1. The van der Waals surface area contributed by atoms with Crippen LogP contribution in [0.2, 0.25) is 0 Å². The average molecular weight is 194 g/mol. The minimum atomic E-state index is 0.725. The first kappa shape index (κ1) is 9.69. The van der Waals surface area contributed by atoms with Crippen molar-refractivity contribution in [2.75, 3.05) is 18.8 Å². The van der Waals surface area contributed by atoms with Gasteiger partial charge in [0.15, 0.2) is 0 Å². The van der Waals surface area contributed by atoms with Crippen molar-refractivity contribution in [1.82, 2.24) is 4.90 Å². The molecule has 0 amide bonds. The normalized spacial score (nSPS) is 33.0. The van der Waals surface area contributed by atoms with Gasteiger partial charge in [0.05, 0.1) is 0 Å². The van der Waals surface area contributed by atoms with E-state index in [1.54, 1.807) is 0 Å². The number of hydrogen-bond donors (Lipinski definition) is 0. The van der Waals surface area contributed by atoms with Gasteiger partial charge in [0.2, 0.25) is 0 Å². The van der Waals surface area contributed by atoms with Crippen molar-refractivity contribution in [3.63, 3.8) is 0 Å². The first-order valence-electron chi connectivity index (χ1n) is 4.17. The Hall–Kier alpha value is 0.600. The Morgan fingerprint density at radius 2 is 2.36 bits per heavy atom. The molecule has 1 rings (SSSR count). The van der Waals surface area contributed by atoms with Crippen LogP contribution in [0.3, 0.4) is 0 Å². The SMILES string of the molecule is CCC1SCN(C)C1CCCl. The predicted molar refractivity (Wildman–Crippen MR) is 53.4 cm³/mol. The molecule has 0 bridgehead atoms. The van der Waals surface area contributed by atoms with Gasteiger partial charge in [-0.2, -0.15) is 0 Å². The molecule has 66 valence electrons. The van der Waals surface area contributed by atoms with Gasteiger partial charge in [-0.25, -0.2) is 0 Å². The highest BCUT2D eigenvalue weighted by atomic mass is 35.5. The molecule has 2 unspecified atom stereocenters. The zero-order valence-corrected chi connectivity index (χ0v) is 8.79. The van der Waals surface area contributed by atoms with Crippen LogP contribution in [-0.4, -0.2) is 35.0 Å². The van der Waals surface area contributed by atoms with Gasteiger partial charge in [0, 0.05) is 23.0 Å². The highest BCUT2D eigenvalue weighted by molar-refractivity contribution is 8.00. The third kappa shape index (κ3) is 2.27. The van der Waals surface area contributed by atoms with E-state index in [9.17, 15) is 0 Å². The molecule has 0 N–H and O–H groups in total. The first-order chi connectivity index (χ1) is 5.29. The van der Waals surface area contributed by atoms with Crippen molar-refractivity contribution in [3.8, 4) is 0 Å². The molecule has 2 atom stereocenters. The van der Waals surface area contributed by atoms with Gasteiger partial charge >= 0.3 is 0 Å². The number of rotatable bonds is 3. The second-order valence-electron chi connectivity index (χ2n) is 3.04. The Balaban J connectivity index is 2.42. The second-order valence-corrected chi connectivity index (χ2v) is 4.62. The molecule has 0 spiro atoms. The Labute approximate surface area is 78.5 Å². The molecule has 1 nitrogen and oxygen atoms in total. The van der Waals surface area contributed by atoms with Gasteiger partial charge in [-0.1, -0.05) is 6.92 Å². The Kier molecular flexibility index (Phi) is 4.04. The minimum Gasteiger partial charge on any atom is -0.293 e. The maximum atomic E-state index is 5.73. The number of nitrogens with zero attached hydrogens (tertiary/aromatic N) is 1. The summed E-state index contributed by atoms with van der Waals surface area (Å²) >= 11 is 7.80. The van der Waals surface area contributed by atoms with E-state index in [1.165, 1.54) is 12.3 Å². The molecule has 0 aromatic carbocycles. The lowest BCUT2D eigenvalue weighted by Gasteiger charge is -2.21. The molecule has 11 heavy (non-hydrogen) atoms. The number of hydrogen-bond acceptors (Lipinski definition) is 2. The lowest BCUT2D eigenvalue weighted by atomic mass is 10.1. The van der Waals surface area contributed by atoms with Crippen LogP contribution < -0.4 is 0 Å². The third-order valence-corrected chi connectivity index (χ3v) is 4.15. The Morgan fingerprint density at radius 3 is 2.91 bits per heavy atom. The van der Waals surface area contributed by atoms with Gasteiger partial charge in [-0.3, -0.25) is 4.90 Å². The second kappa shape index (κ2) is 4.58. The van der Waals surface area contributed by atoms with Crippen LogP contribution in [0, 0.1) is 0 Å². The lowest BCUT2D eigenvalue weighted by molar-refractivity contribution is 0.288. The number of halogens is 1. The summed E-state index contributed by atoms with van der Waals surface area (Å²) in [5.41, 5.74) is 0. The van der Waals surface area contributed by atoms with E-state index in [4.69, 9.17) is 11.6 Å². The van der Waals surface area contributed by atoms with Crippen molar-refractivity contribution in [1.29, 1.82) is 0 Å². The fraction of sp³-hybridized carbons (Fsp3) is 1.00. The third-order valence-electron chi connectivity index (χ3n) is 2.29. The van der Waals surface area contributed by atoms with E-state index in [0.717, 1.165) is 23.6 Å². The Morgan fingerprint density at radius 1 is 1.64 bits per heavy atom. The maximum absolute atomic E-state index is 5.73. The summed E-state index contributed by atoms with van der Waals surface area (Å²) in [5, 5.41) is 0.818. The topological polar surface area (TPSA) is 3.24 Å². The van der Waals surface area contributed by atoms with Crippen LogP contribution in [0.1, 0.15) is 19.8 Å². The zero-order chi connectivity index (χ0) is 8.27. The van der Waals surface area contributed by atoms with Crippen molar-refractivity contribution in [2.45, 2.75) is 31.1 Å². The quantitative estimate of drug-likeness (QED) is 0.634. The van der Waals surface area contributed by atoms with Crippen LogP contribution >= 0.6 is 23.4 Å². The summed E-state index contributed by atoms with van der Waals surface area (Å²) in [6.45, 7) is 2.26. The van der Waals surface area contributed by atoms with Crippen molar-refractivity contribution >= 4 is 23.4 Å². The summed E-state index contributed by atoms with van der Waals surface area (Å²) in [6, 6.07) is 0.725. The van der Waals surface area contributed by atoms with E-state index in [-0.39, 0.29) is 0 Å². The standard InChI is InChI=1S/C8H16ClNS/c1-3-8-7(4-5-9)10(2)6-11-8/h7-8H,3-6H2,1-2H3. The zero-order valence-electron chi connectivity index (χ0n) is 7.22. The summed E-state index contributed by atoms with van der Waals surface area (Å²) in [7, 11) is 2.19. The molecule has 0 aromatic rings. The molecular formula is C8H16ClNS. The molecule has 1 aliphatic heterocycles. The van der Waals surface area contributed by atoms with E-state index >= 15 is 0 Å². The highest BCUT2D eigenvalue weighted by Crippen LogP contribution is 2.31. The van der Waals surface area contributed by atoms with Crippen LogP contribution in [0.5, 0.6) is 0 Å². The monoisotopic (exact) mass is 193 g/mol. The van der Waals surface area contributed by atoms with Gasteiger partial charge in [0.1, 0.15) is 0 Å². The lowest BCUT2D eigenvalue weighted by Crippen LogP contribution is -2.31. The van der Waals surface area contributed by atoms with Gasteiger partial charge in [-0.15, -0.1) is 23.4 Å². The van der Waals surface area contributed by atoms with Crippen LogP contribution in [-0.2, 0) is 0 Å². The van der Waals surface area contributed by atoms with Crippen LogP contribution in [0.4, 0.5) is 0 Å². The number of alkyl halides is 1. The summed E-state index contributed by atoms with van der Waals surface area (Å²) in [6.07, 6.45) is 2.42. The van der Waals surface area contributed by atoms with E-state index in [1.807, 2.05) is 0 Å². The molecule has 0 aromatic heterocycles. The van der Waals surface area contributed by atoms with Crippen molar-refractivity contribution < 1.29 is 0 Å². The van der Waals surface area contributed by atoms with Gasteiger partial charge < -0.3 is 0 Å². The van der Waals surface area contributed by atoms with E-state index < -0.39 is 0 Å². The largest absolute Gasteiger partial charge is 0.293 e. The Bertz CT molecular complexity index is 121. The van der Waals surface area contributed by atoms with E-state index in [2.05, 4.69) is 30.6 Å². The van der Waals surface area contributed by atoms with Crippen molar-refractivity contribution in [3.05, 3.63) is 0 Å². The molecule has 0 radical (unpaired) electrons. The van der Waals surface area contributed by atoms with Crippen molar-refractivity contribution in [2.24, 2.45) is 0 Å². The first-order valence-corrected chi connectivity index (χ1v) is 5.75. The molecule has 1 heterocycles. The molecular weight excluding hydrogens is 178 g/mol. The summed E-state index contributed by atoms with van der Waals surface area (Å²) in [5.74, 6) is 1.98. The van der Waals surface area contributed by atoms with Gasteiger partial charge in [0.25, 0.3) is 0 Å². The highest BCUT2D eigenvalue weighted by Gasteiger charge is 2.29. The fourth-order valence-electron chi connectivity index (χ4n) is 1.61. The molecule has 1 aliphatic rings. The summed E-state index contributed by atoms with van der Waals surface area (Å²) < 4.78 is 0. The predicted octanol–water partition coefficient (Wildman–Crippen LogP) is 2.40. The maximum Gasteiger partial charge on any atom is 0.0447 e. The average Bonchev–Trinajstić information content (AvgIpc) is 2.34. The molecule has 1 fully saturated rings. The molecule has 3 heteroatoms. The summed E-state index contributed by atoms with van der Waals surface area (Å²) in [4.78, 5) is 2.42. The van der Waals surface area contributed by atoms with Crippen LogP contribution in [0.15, 0.2) is 0 Å². The van der Waals surface area contributed by atoms with Crippen LogP contribution in [0.25, 0.3) is 0 Å².